The maximum atomic E-state index is 10.5. The average molecular weight is 397 g/mol. The average Bonchev–Trinajstić information content (AvgIpc) is 3.44. The molecule has 0 radical (unpaired) electrons. The highest BCUT2D eigenvalue weighted by Gasteiger charge is 2.31. The number of nitrogens with one attached hydrogen (secondary N) is 1. The van der Waals surface area contributed by atoms with Crippen LogP contribution >= 0.6 is 0 Å². The summed E-state index contributed by atoms with van der Waals surface area (Å²) in [6, 6.07) is 18.1. The van der Waals surface area contributed by atoms with Crippen LogP contribution in [0.15, 0.2) is 71.5 Å². The van der Waals surface area contributed by atoms with Crippen molar-refractivity contribution in [2.24, 2.45) is 0 Å². The van der Waals surface area contributed by atoms with E-state index >= 15 is 0 Å². The van der Waals surface area contributed by atoms with Crippen LogP contribution in [0.25, 0.3) is 22.3 Å². The predicted molar refractivity (Wildman–Crippen MR) is 113 cm³/mol. The largest absolute Gasteiger partial charge is 0.424 e. The van der Waals surface area contributed by atoms with Gasteiger partial charge in [-0.05, 0) is 41.0 Å². The van der Waals surface area contributed by atoms with Crippen molar-refractivity contribution in [3.05, 3.63) is 83.8 Å². The minimum Gasteiger partial charge on any atom is -0.424 e. The van der Waals surface area contributed by atoms with Crippen LogP contribution in [0.1, 0.15) is 22.7 Å². The number of anilines is 1. The molecule has 0 spiro atoms. The number of aliphatic hydroxyl groups is 1. The number of nitrogens with zero attached hydrogens (tertiary/aromatic N) is 4. The fraction of sp³-hybridized carbons (Fsp3) is 0.174. The Bertz CT molecular complexity index is 1370. The summed E-state index contributed by atoms with van der Waals surface area (Å²) in [4.78, 5) is 13.4. The van der Waals surface area contributed by atoms with Gasteiger partial charge in [0.15, 0.2) is 11.2 Å². The molecule has 1 aliphatic rings. The van der Waals surface area contributed by atoms with Gasteiger partial charge in [0, 0.05) is 12.6 Å². The lowest BCUT2D eigenvalue weighted by molar-refractivity contribution is 0.164. The zero-order valence-electron chi connectivity index (χ0n) is 16.1. The Labute approximate surface area is 172 Å². The Morgan fingerprint density at radius 3 is 2.97 bits per heavy atom. The molecule has 6 rings (SSSR count). The molecule has 7 nitrogen and oxygen atoms in total. The number of pyridine rings is 1. The smallest absolute Gasteiger partial charge is 0.296 e. The topological polar surface area (TPSA) is 89.0 Å². The summed E-state index contributed by atoms with van der Waals surface area (Å²) in [6.07, 6.45) is 3.70. The molecule has 0 aliphatic heterocycles. The number of hydrogen-bond donors (Lipinski definition) is 2. The van der Waals surface area contributed by atoms with E-state index in [0.29, 0.717) is 24.6 Å². The normalized spacial score (nSPS) is 18.2. The van der Waals surface area contributed by atoms with Crippen LogP contribution in [0.3, 0.4) is 0 Å². The molecule has 0 fully saturated rings. The number of imidazole rings is 1. The lowest BCUT2D eigenvalue weighted by atomic mass is 10.1. The van der Waals surface area contributed by atoms with Crippen molar-refractivity contribution in [1.82, 2.24) is 19.5 Å². The Hall–Kier alpha value is -3.71. The Morgan fingerprint density at radius 2 is 2.00 bits per heavy atom. The van der Waals surface area contributed by atoms with Crippen molar-refractivity contribution in [2.45, 2.75) is 25.1 Å². The zero-order valence-corrected chi connectivity index (χ0v) is 16.1. The molecule has 3 heterocycles. The predicted octanol–water partition coefficient (Wildman–Crippen LogP) is 3.69. The van der Waals surface area contributed by atoms with Crippen LogP contribution in [0.2, 0.25) is 0 Å². The van der Waals surface area contributed by atoms with Crippen molar-refractivity contribution in [3.8, 4) is 0 Å². The summed E-state index contributed by atoms with van der Waals surface area (Å²) in [7, 11) is 0. The highest BCUT2D eigenvalue weighted by Crippen LogP contribution is 2.34. The molecule has 2 N–H and O–H groups in total. The van der Waals surface area contributed by atoms with Gasteiger partial charge in [-0.3, -0.25) is 0 Å². The number of aromatic nitrogens is 4. The third kappa shape index (κ3) is 2.83. The molecular weight excluding hydrogens is 378 g/mol. The quantitative estimate of drug-likeness (QED) is 0.481. The monoisotopic (exact) mass is 397 g/mol. The SMILES string of the molecule is OC1Cc2ccccc2C1Nc1nc2ccc(Cn3cnc4cccnc43)cc2o1. The Morgan fingerprint density at radius 1 is 1.07 bits per heavy atom. The van der Waals surface area contributed by atoms with Gasteiger partial charge in [-0.2, -0.15) is 4.98 Å². The van der Waals surface area contributed by atoms with Gasteiger partial charge in [-0.15, -0.1) is 0 Å². The van der Waals surface area contributed by atoms with Gasteiger partial charge in [0.1, 0.15) is 11.0 Å². The zero-order chi connectivity index (χ0) is 20.1. The van der Waals surface area contributed by atoms with Gasteiger partial charge in [-0.25, -0.2) is 9.97 Å². The minimum absolute atomic E-state index is 0.225. The third-order valence-corrected chi connectivity index (χ3v) is 5.66. The van der Waals surface area contributed by atoms with Crippen molar-refractivity contribution in [1.29, 1.82) is 0 Å². The third-order valence-electron chi connectivity index (χ3n) is 5.66. The van der Waals surface area contributed by atoms with Crippen molar-refractivity contribution < 1.29 is 9.52 Å². The number of aliphatic hydroxyl groups excluding tert-OH is 1. The van der Waals surface area contributed by atoms with Crippen molar-refractivity contribution in [2.75, 3.05) is 5.32 Å². The second-order valence-corrected chi connectivity index (χ2v) is 7.63. The van der Waals surface area contributed by atoms with Gasteiger partial charge in [-0.1, -0.05) is 30.3 Å². The summed E-state index contributed by atoms with van der Waals surface area (Å²) < 4.78 is 7.98. The fourth-order valence-electron chi connectivity index (χ4n) is 4.22. The van der Waals surface area contributed by atoms with E-state index in [2.05, 4.69) is 20.3 Å². The molecule has 0 saturated carbocycles. The van der Waals surface area contributed by atoms with E-state index in [4.69, 9.17) is 4.42 Å². The van der Waals surface area contributed by atoms with Gasteiger partial charge >= 0.3 is 0 Å². The molecular formula is C23H19N5O2. The second-order valence-electron chi connectivity index (χ2n) is 7.63. The molecule has 148 valence electrons. The fourth-order valence-corrected chi connectivity index (χ4v) is 4.22. The molecule has 3 aromatic heterocycles. The number of benzene rings is 2. The van der Waals surface area contributed by atoms with Gasteiger partial charge in [0.2, 0.25) is 0 Å². The van der Waals surface area contributed by atoms with E-state index in [1.807, 2.05) is 59.2 Å². The standard InChI is InChI=1S/C23H19N5O2/c29-19-11-15-4-1-2-5-16(15)21(19)27-23-26-17-8-7-14(10-20(17)30-23)12-28-13-25-18-6-3-9-24-22(18)28/h1-10,13,19,21,29H,11-12H2,(H,26,27). The maximum Gasteiger partial charge on any atom is 0.296 e. The maximum absolute atomic E-state index is 10.5. The molecule has 2 aromatic carbocycles. The highest BCUT2D eigenvalue weighted by atomic mass is 16.4. The first-order valence-electron chi connectivity index (χ1n) is 9.92. The molecule has 7 heteroatoms. The summed E-state index contributed by atoms with van der Waals surface area (Å²) >= 11 is 0. The highest BCUT2D eigenvalue weighted by molar-refractivity contribution is 5.75. The Balaban J connectivity index is 1.28. The first kappa shape index (κ1) is 17.2. The van der Waals surface area contributed by atoms with Crippen LogP contribution in [-0.4, -0.2) is 30.7 Å². The Kier molecular flexibility index (Phi) is 3.82. The number of fused-ring (bicyclic) bond motifs is 3. The molecule has 2 atom stereocenters. The minimum atomic E-state index is -0.505. The summed E-state index contributed by atoms with van der Waals surface area (Å²) in [5, 5.41) is 13.7. The summed E-state index contributed by atoms with van der Waals surface area (Å²) in [6.45, 7) is 0.641. The molecule has 30 heavy (non-hydrogen) atoms. The van der Waals surface area contributed by atoms with Crippen LogP contribution in [0.4, 0.5) is 6.01 Å². The van der Waals surface area contributed by atoms with Gasteiger partial charge < -0.3 is 19.4 Å². The van der Waals surface area contributed by atoms with Crippen LogP contribution < -0.4 is 5.32 Å². The molecule has 0 amide bonds. The lowest BCUT2D eigenvalue weighted by Gasteiger charge is -2.16. The van der Waals surface area contributed by atoms with Crippen LogP contribution in [-0.2, 0) is 13.0 Å². The second kappa shape index (κ2) is 6.67. The summed E-state index contributed by atoms with van der Waals surface area (Å²) in [5.74, 6) is 0. The van der Waals surface area contributed by atoms with Gasteiger partial charge in [0.25, 0.3) is 6.01 Å². The van der Waals surface area contributed by atoms with Crippen LogP contribution in [0, 0.1) is 0 Å². The van der Waals surface area contributed by atoms with E-state index in [1.54, 1.807) is 12.5 Å². The van der Waals surface area contributed by atoms with E-state index in [1.165, 1.54) is 0 Å². The lowest BCUT2D eigenvalue weighted by Crippen LogP contribution is -2.21. The molecule has 2 unspecified atom stereocenters. The first-order chi connectivity index (χ1) is 14.7. The van der Waals surface area contributed by atoms with E-state index in [-0.39, 0.29) is 6.04 Å². The first-order valence-corrected chi connectivity index (χ1v) is 9.92. The van der Waals surface area contributed by atoms with Gasteiger partial charge in [0.05, 0.1) is 25.0 Å². The molecule has 1 aliphatic carbocycles. The van der Waals surface area contributed by atoms with Crippen LogP contribution in [0.5, 0.6) is 0 Å². The molecule has 0 bridgehead atoms. The van der Waals surface area contributed by atoms with E-state index in [9.17, 15) is 5.11 Å². The number of rotatable bonds is 4. The molecule has 0 saturated heterocycles. The van der Waals surface area contributed by atoms with E-state index < -0.39 is 6.10 Å². The van der Waals surface area contributed by atoms with E-state index in [0.717, 1.165) is 33.4 Å². The van der Waals surface area contributed by atoms with Crippen molar-refractivity contribution >= 4 is 28.3 Å². The number of oxazole rings is 1. The number of hydrogen-bond acceptors (Lipinski definition) is 6. The molecule has 5 aromatic rings. The van der Waals surface area contributed by atoms with Crippen molar-refractivity contribution in [3.63, 3.8) is 0 Å². The summed E-state index contributed by atoms with van der Waals surface area (Å²) in [5.41, 5.74) is 6.52.